The van der Waals surface area contributed by atoms with Crippen molar-refractivity contribution in [3.63, 3.8) is 0 Å². The van der Waals surface area contributed by atoms with Crippen LogP contribution in [0.4, 0.5) is 5.82 Å². The maximum atomic E-state index is 6.17. The summed E-state index contributed by atoms with van der Waals surface area (Å²) in [6.45, 7) is 6.84. The van der Waals surface area contributed by atoms with E-state index in [1.54, 1.807) is 6.20 Å². The van der Waals surface area contributed by atoms with Crippen LogP contribution in [0.3, 0.4) is 0 Å². The van der Waals surface area contributed by atoms with Gasteiger partial charge < -0.3 is 10.1 Å². The van der Waals surface area contributed by atoms with Gasteiger partial charge in [-0.3, -0.25) is 0 Å². The van der Waals surface area contributed by atoms with E-state index in [2.05, 4.69) is 52.4 Å². The van der Waals surface area contributed by atoms with Gasteiger partial charge in [-0.2, -0.15) is 5.10 Å². The summed E-state index contributed by atoms with van der Waals surface area (Å²) in [4.78, 5) is 9.05. The molecule has 0 saturated heterocycles. The molecular weight excluding hydrogens is 362 g/mol. The standard InChI is InChI=1S/C23H25N5O/c1-16(2)28-23-20(15-27-28)12-18(14-26-23)13-25-22-21(10-7-11-24-22)29-17(3)19-8-5-4-6-9-19/h4-12,14-17H,13H2,1-3H3,(H,24,25)/t17-/m1/s1. The van der Waals surface area contributed by atoms with Gasteiger partial charge in [0.15, 0.2) is 17.2 Å². The molecule has 1 N–H and O–H groups in total. The predicted octanol–water partition coefficient (Wildman–Crippen LogP) is 5.16. The first-order chi connectivity index (χ1) is 14.1. The van der Waals surface area contributed by atoms with Gasteiger partial charge >= 0.3 is 0 Å². The topological polar surface area (TPSA) is 64.9 Å². The first kappa shape index (κ1) is 18.9. The van der Waals surface area contributed by atoms with Crippen molar-refractivity contribution < 1.29 is 4.74 Å². The fourth-order valence-electron chi connectivity index (χ4n) is 3.25. The third-order valence-electron chi connectivity index (χ3n) is 4.78. The van der Waals surface area contributed by atoms with Crippen molar-refractivity contribution >= 4 is 16.9 Å². The molecule has 0 aliphatic rings. The molecule has 1 atom stereocenters. The second-order valence-corrected chi connectivity index (χ2v) is 7.31. The minimum atomic E-state index is -0.0687. The van der Waals surface area contributed by atoms with Crippen molar-refractivity contribution in [2.45, 2.75) is 39.5 Å². The largest absolute Gasteiger partial charge is 0.482 e. The van der Waals surface area contributed by atoms with Crippen LogP contribution in [0, 0.1) is 0 Å². The van der Waals surface area contributed by atoms with Gasteiger partial charge in [-0.1, -0.05) is 30.3 Å². The molecule has 0 bridgehead atoms. The predicted molar refractivity (Wildman–Crippen MR) is 115 cm³/mol. The minimum absolute atomic E-state index is 0.0687. The molecule has 4 aromatic rings. The summed E-state index contributed by atoms with van der Waals surface area (Å²) in [5, 5.41) is 8.84. The van der Waals surface area contributed by atoms with E-state index in [0.29, 0.717) is 12.4 Å². The van der Waals surface area contributed by atoms with Gasteiger partial charge in [0.05, 0.1) is 6.20 Å². The molecule has 4 rings (SSSR count). The number of hydrogen-bond donors (Lipinski definition) is 1. The Kier molecular flexibility index (Phi) is 5.42. The monoisotopic (exact) mass is 387 g/mol. The highest BCUT2D eigenvalue weighted by atomic mass is 16.5. The van der Waals surface area contributed by atoms with E-state index in [9.17, 15) is 0 Å². The number of anilines is 1. The first-order valence-corrected chi connectivity index (χ1v) is 9.84. The normalized spacial score (nSPS) is 12.3. The number of benzene rings is 1. The van der Waals surface area contributed by atoms with Gasteiger partial charge in [-0.05, 0) is 50.1 Å². The Labute approximate surface area is 170 Å². The molecule has 3 aromatic heterocycles. The molecule has 1 aromatic carbocycles. The highest BCUT2D eigenvalue weighted by Gasteiger charge is 2.12. The van der Waals surface area contributed by atoms with Crippen LogP contribution >= 0.6 is 0 Å². The minimum Gasteiger partial charge on any atom is -0.482 e. The third kappa shape index (κ3) is 4.21. The zero-order valence-electron chi connectivity index (χ0n) is 16.9. The van der Waals surface area contributed by atoms with E-state index < -0.39 is 0 Å². The Bertz CT molecular complexity index is 1090. The number of aromatic nitrogens is 4. The molecule has 6 heteroatoms. The fourth-order valence-corrected chi connectivity index (χ4v) is 3.25. The number of fused-ring (bicyclic) bond motifs is 1. The summed E-state index contributed by atoms with van der Waals surface area (Å²) in [6.07, 6.45) is 5.44. The van der Waals surface area contributed by atoms with Crippen LogP contribution in [0.25, 0.3) is 11.0 Å². The number of pyridine rings is 2. The molecular formula is C23H25N5O. The van der Waals surface area contributed by atoms with E-state index in [4.69, 9.17) is 4.74 Å². The van der Waals surface area contributed by atoms with Crippen LogP contribution in [-0.2, 0) is 6.54 Å². The van der Waals surface area contributed by atoms with Gasteiger partial charge in [-0.25, -0.2) is 14.6 Å². The number of hydrogen-bond acceptors (Lipinski definition) is 5. The Morgan fingerprint density at radius 3 is 2.62 bits per heavy atom. The van der Waals surface area contributed by atoms with Gasteiger partial charge in [0.1, 0.15) is 6.10 Å². The highest BCUT2D eigenvalue weighted by molar-refractivity contribution is 5.75. The molecule has 0 spiro atoms. The van der Waals surface area contributed by atoms with Crippen LogP contribution in [0.2, 0.25) is 0 Å². The van der Waals surface area contributed by atoms with Crippen molar-refractivity contribution in [2.75, 3.05) is 5.32 Å². The van der Waals surface area contributed by atoms with Gasteiger partial charge in [0.25, 0.3) is 0 Å². The Hall–Kier alpha value is -3.41. The Balaban J connectivity index is 1.48. The maximum Gasteiger partial charge on any atom is 0.169 e. The molecule has 148 valence electrons. The van der Waals surface area contributed by atoms with E-state index in [1.165, 1.54) is 0 Å². The van der Waals surface area contributed by atoms with Crippen LogP contribution < -0.4 is 10.1 Å². The van der Waals surface area contributed by atoms with Crippen molar-refractivity contribution in [3.05, 3.63) is 78.2 Å². The maximum absolute atomic E-state index is 6.17. The van der Waals surface area contributed by atoms with Crippen molar-refractivity contribution in [2.24, 2.45) is 0 Å². The Morgan fingerprint density at radius 1 is 1.00 bits per heavy atom. The molecule has 3 heterocycles. The number of nitrogens with one attached hydrogen (secondary N) is 1. The SMILES string of the molecule is CC(C)n1ncc2cc(CNc3ncccc3O[C@H](C)c3ccccc3)cnc21. The lowest BCUT2D eigenvalue weighted by Gasteiger charge is -2.17. The smallest absolute Gasteiger partial charge is 0.169 e. The fraction of sp³-hybridized carbons (Fsp3) is 0.261. The number of nitrogens with zero attached hydrogens (tertiary/aromatic N) is 4. The average molecular weight is 387 g/mol. The van der Waals surface area contributed by atoms with Gasteiger partial charge in [0, 0.05) is 30.4 Å². The van der Waals surface area contributed by atoms with Gasteiger partial charge in [0.2, 0.25) is 0 Å². The molecule has 0 saturated carbocycles. The lowest BCUT2D eigenvalue weighted by Crippen LogP contribution is -2.08. The van der Waals surface area contributed by atoms with Crippen LogP contribution in [0.5, 0.6) is 5.75 Å². The van der Waals surface area contributed by atoms with Gasteiger partial charge in [-0.15, -0.1) is 0 Å². The molecule has 0 radical (unpaired) electrons. The number of ether oxygens (including phenoxy) is 1. The summed E-state index contributed by atoms with van der Waals surface area (Å²) in [6, 6.07) is 16.4. The molecule has 0 fully saturated rings. The molecule has 6 nitrogen and oxygen atoms in total. The summed E-state index contributed by atoms with van der Waals surface area (Å²) >= 11 is 0. The Morgan fingerprint density at radius 2 is 1.83 bits per heavy atom. The van der Waals surface area contributed by atoms with Crippen LogP contribution in [-0.4, -0.2) is 19.7 Å². The van der Waals surface area contributed by atoms with E-state index in [0.717, 1.165) is 27.9 Å². The second-order valence-electron chi connectivity index (χ2n) is 7.31. The highest BCUT2D eigenvalue weighted by Crippen LogP contribution is 2.27. The number of rotatable bonds is 7. The van der Waals surface area contributed by atoms with Crippen LogP contribution in [0.1, 0.15) is 44.0 Å². The van der Waals surface area contributed by atoms with E-state index >= 15 is 0 Å². The van der Waals surface area contributed by atoms with Crippen molar-refractivity contribution in [1.29, 1.82) is 0 Å². The van der Waals surface area contributed by atoms with Crippen LogP contribution in [0.15, 0.2) is 67.1 Å². The first-order valence-electron chi connectivity index (χ1n) is 9.84. The summed E-state index contributed by atoms with van der Waals surface area (Å²) < 4.78 is 8.10. The summed E-state index contributed by atoms with van der Waals surface area (Å²) in [5.41, 5.74) is 3.09. The summed E-state index contributed by atoms with van der Waals surface area (Å²) in [5.74, 6) is 1.44. The van der Waals surface area contributed by atoms with E-state index in [-0.39, 0.29) is 12.1 Å². The zero-order valence-corrected chi connectivity index (χ0v) is 16.9. The zero-order chi connectivity index (χ0) is 20.2. The van der Waals surface area contributed by atoms with E-state index in [1.807, 2.05) is 54.3 Å². The summed E-state index contributed by atoms with van der Waals surface area (Å²) in [7, 11) is 0. The van der Waals surface area contributed by atoms with Crippen molar-refractivity contribution in [3.8, 4) is 5.75 Å². The second kappa shape index (κ2) is 8.31. The van der Waals surface area contributed by atoms with Crippen molar-refractivity contribution in [1.82, 2.24) is 19.7 Å². The lowest BCUT2D eigenvalue weighted by atomic mass is 10.1. The quantitative estimate of drug-likeness (QED) is 0.474. The molecule has 0 amide bonds. The molecule has 0 aliphatic heterocycles. The molecule has 29 heavy (non-hydrogen) atoms. The molecule has 0 unspecified atom stereocenters. The average Bonchev–Trinajstić information content (AvgIpc) is 3.17. The third-order valence-corrected chi connectivity index (χ3v) is 4.78. The molecule has 0 aliphatic carbocycles. The lowest BCUT2D eigenvalue weighted by molar-refractivity contribution is 0.227.